The van der Waals surface area contributed by atoms with Crippen molar-refractivity contribution in [3.63, 3.8) is 0 Å². The largest absolute Gasteiger partial charge is 0.320 e. The van der Waals surface area contributed by atoms with Crippen molar-refractivity contribution in [1.82, 2.24) is 14.8 Å². The molecule has 5 rings (SSSR count). The molecule has 2 amide bonds. The highest BCUT2D eigenvalue weighted by Gasteiger charge is 2.20. The first-order valence-electron chi connectivity index (χ1n) is 10.5. The minimum atomic E-state index is -0.478. The van der Waals surface area contributed by atoms with E-state index in [9.17, 15) is 9.59 Å². The van der Waals surface area contributed by atoms with Gasteiger partial charge in [-0.15, -0.1) is 16.4 Å². The van der Waals surface area contributed by atoms with Crippen LogP contribution in [0, 0.1) is 0 Å². The standard InChI is InChI=1S/C26H19N5O2S/c32-25(18-10-3-1-4-11-18)27-20-14-7-8-15-21(20)28-26(33)23-29-24(22-16-9-17-34-22)31(30-23)19-12-5-2-6-13-19/h1-17H,(H,27,32)(H,28,33). The van der Waals surface area contributed by atoms with Crippen molar-refractivity contribution in [2.75, 3.05) is 10.6 Å². The summed E-state index contributed by atoms with van der Waals surface area (Å²) in [5.74, 6) is -0.142. The van der Waals surface area contributed by atoms with Gasteiger partial charge in [0.05, 0.1) is 21.9 Å². The number of aromatic nitrogens is 3. The fourth-order valence-corrected chi connectivity index (χ4v) is 4.08. The van der Waals surface area contributed by atoms with Crippen LogP contribution in [0.25, 0.3) is 16.4 Å². The molecule has 5 aromatic rings. The van der Waals surface area contributed by atoms with E-state index in [1.54, 1.807) is 53.2 Å². The molecule has 2 heterocycles. The average Bonchev–Trinajstić information content (AvgIpc) is 3.57. The van der Waals surface area contributed by atoms with Crippen molar-refractivity contribution in [1.29, 1.82) is 0 Å². The number of carbonyl (C=O) groups excluding carboxylic acids is 2. The lowest BCUT2D eigenvalue weighted by molar-refractivity contribution is 0.101. The van der Waals surface area contributed by atoms with Crippen LogP contribution in [0.5, 0.6) is 0 Å². The Bertz CT molecular complexity index is 1430. The number of carbonyl (C=O) groups is 2. The smallest absolute Gasteiger partial charge is 0.295 e. The topological polar surface area (TPSA) is 88.9 Å². The highest BCUT2D eigenvalue weighted by atomic mass is 32.1. The Morgan fingerprint density at radius 3 is 1.97 bits per heavy atom. The zero-order chi connectivity index (χ0) is 23.3. The van der Waals surface area contributed by atoms with Gasteiger partial charge in [-0.3, -0.25) is 9.59 Å². The lowest BCUT2D eigenvalue weighted by Crippen LogP contribution is -2.18. The first kappa shape index (κ1) is 21.3. The molecule has 0 aliphatic rings. The molecule has 0 atom stereocenters. The maximum atomic E-state index is 13.1. The van der Waals surface area contributed by atoms with Gasteiger partial charge in [-0.25, -0.2) is 9.67 Å². The van der Waals surface area contributed by atoms with E-state index in [0.29, 0.717) is 22.8 Å². The molecule has 0 saturated heterocycles. The summed E-state index contributed by atoms with van der Waals surface area (Å²) in [6.45, 7) is 0. The van der Waals surface area contributed by atoms with E-state index in [2.05, 4.69) is 20.7 Å². The molecule has 2 aromatic heterocycles. The molecule has 0 aliphatic heterocycles. The van der Waals surface area contributed by atoms with Crippen LogP contribution in [0.1, 0.15) is 21.0 Å². The molecule has 166 valence electrons. The number of thiophene rings is 1. The third kappa shape index (κ3) is 4.48. The molecule has 0 fully saturated rings. The van der Waals surface area contributed by atoms with Crippen LogP contribution in [0.2, 0.25) is 0 Å². The molecule has 0 radical (unpaired) electrons. The second-order valence-electron chi connectivity index (χ2n) is 7.30. The third-order valence-corrected chi connectivity index (χ3v) is 5.88. The Kier molecular flexibility index (Phi) is 5.96. The lowest BCUT2D eigenvalue weighted by Gasteiger charge is -2.11. The number of nitrogens with one attached hydrogen (secondary N) is 2. The number of hydrogen-bond acceptors (Lipinski definition) is 5. The Morgan fingerprint density at radius 1 is 0.706 bits per heavy atom. The Morgan fingerprint density at radius 2 is 1.32 bits per heavy atom. The Balaban J connectivity index is 1.43. The summed E-state index contributed by atoms with van der Waals surface area (Å²) >= 11 is 1.52. The van der Waals surface area contributed by atoms with Gasteiger partial charge in [-0.1, -0.05) is 54.6 Å². The number of benzene rings is 3. The van der Waals surface area contributed by atoms with Crippen LogP contribution in [0.15, 0.2) is 102 Å². The molecule has 2 N–H and O–H groups in total. The van der Waals surface area contributed by atoms with Gasteiger partial charge in [0.1, 0.15) is 0 Å². The highest BCUT2D eigenvalue weighted by molar-refractivity contribution is 7.13. The molecule has 3 aromatic carbocycles. The van der Waals surface area contributed by atoms with Crippen molar-refractivity contribution < 1.29 is 9.59 Å². The summed E-state index contributed by atoms with van der Waals surface area (Å²) in [5, 5.41) is 12.1. The van der Waals surface area contributed by atoms with Crippen molar-refractivity contribution >= 4 is 34.5 Å². The summed E-state index contributed by atoms with van der Waals surface area (Å²) in [7, 11) is 0. The second-order valence-corrected chi connectivity index (χ2v) is 8.25. The van der Waals surface area contributed by atoms with E-state index in [0.717, 1.165) is 10.6 Å². The lowest BCUT2D eigenvalue weighted by atomic mass is 10.2. The molecular weight excluding hydrogens is 446 g/mol. The maximum absolute atomic E-state index is 13.1. The van der Waals surface area contributed by atoms with Gasteiger partial charge in [-0.2, -0.15) is 0 Å². The van der Waals surface area contributed by atoms with E-state index in [4.69, 9.17) is 0 Å². The normalized spacial score (nSPS) is 10.6. The number of anilines is 2. The number of rotatable bonds is 6. The second kappa shape index (κ2) is 9.51. The molecule has 8 heteroatoms. The maximum Gasteiger partial charge on any atom is 0.295 e. The Labute approximate surface area is 199 Å². The van der Waals surface area contributed by atoms with Gasteiger partial charge >= 0.3 is 0 Å². The van der Waals surface area contributed by atoms with E-state index >= 15 is 0 Å². The predicted molar refractivity (Wildman–Crippen MR) is 133 cm³/mol. The quantitative estimate of drug-likeness (QED) is 0.347. The van der Waals surface area contributed by atoms with Gasteiger partial charge in [0.15, 0.2) is 5.82 Å². The zero-order valence-electron chi connectivity index (χ0n) is 17.9. The monoisotopic (exact) mass is 465 g/mol. The van der Waals surface area contributed by atoms with Gasteiger partial charge < -0.3 is 10.6 Å². The number of amides is 2. The van der Waals surface area contributed by atoms with Crippen LogP contribution in [0.4, 0.5) is 11.4 Å². The molecular formula is C26H19N5O2S. The average molecular weight is 466 g/mol. The fraction of sp³-hybridized carbons (Fsp3) is 0. The molecule has 7 nitrogen and oxygen atoms in total. The zero-order valence-corrected chi connectivity index (χ0v) is 18.7. The van der Waals surface area contributed by atoms with Crippen LogP contribution < -0.4 is 10.6 Å². The first-order chi connectivity index (χ1) is 16.7. The van der Waals surface area contributed by atoms with Gasteiger partial charge in [0.2, 0.25) is 5.82 Å². The van der Waals surface area contributed by atoms with Crippen molar-refractivity contribution in [2.24, 2.45) is 0 Å². The first-order valence-corrected chi connectivity index (χ1v) is 11.4. The predicted octanol–water partition coefficient (Wildman–Crippen LogP) is 5.50. The summed E-state index contributed by atoms with van der Waals surface area (Å²) < 4.78 is 1.66. The SMILES string of the molecule is O=C(Nc1ccccc1NC(=O)c1nc(-c2cccs2)n(-c2ccccc2)n1)c1ccccc1. The fourth-order valence-electron chi connectivity index (χ4n) is 3.39. The summed E-state index contributed by atoms with van der Waals surface area (Å²) in [5.41, 5.74) is 2.25. The van der Waals surface area contributed by atoms with Crippen LogP contribution in [0.3, 0.4) is 0 Å². The molecule has 0 aliphatic carbocycles. The number of para-hydroxylation sites is 3. The van der Waals surface area contributed by atoms with E-state index < -0.39 is 5.91 Å². The molecule has 0 spiro atoms. The van der Waals surface area contributed by atoms with Gasteiger partial charge in [-0.05, 0) is 47.8 Å². The third-order valence-electron chi connectivity index (χ3n) is 5.01. The molecule has 0 unspecified atom stereocenters. The molecule has 0 saturated carbocycles. The molecule has 0 bridgehead atoms. The van der Waals surface area contributed by atoms with Crippen molar-refractivity contribution in [3.8, 4) is 16.4 Å². The minimum Gasteiger partial charge on any atom is -0.320 e. The van der Waals surface area contributed by atoms with Crippen molar-refractivity contribution in [2.45, 2.75) is 0 Å². The number of nitrogens with zero attached hydrogens (tertiary/aromatic N) is 3. The van der Waals surface area contributed by atoms with E-state index in [-0.39, 0.29) is 11.7 Å². The van der Waals surface area contributed by atoms with Crippen LogP contribution >= 0.6 is 11.3 Å². The van der Waals surface area contributed by atoms with E-state index in [1.165, 1.54) is 11.3 Å². The van der Waals surface area contributed by atoms with Crippen LogP contribution in [-0.2, 0) is 0 Å². The van der Waals surface area contributed by atoms with E-state index in [1.807, 2.05) is 53.9 Å². The highest BCUT2D eigenvalue weighted by Crippen LogP contribution is 2.27. The minimum absolute atomic E-state index is 0.0245. The molecule has 34 heavy (non-hydrogen) atoms. The van der Waals surface area contributed by atoms with Crippen LogP contribution in [-0.4, -0.2) is 26.6 Å². The van der Waals surface area contributed by atoms with Gasteiger partial charge in [0.25, 0.3) is 11.8 Å². The summed E-state index contributed by atoms with van der Waals surface area (Å²) in [6, 6.07) is 29.3. The van der Waals surface area contributed by atoms with Crippen molar-refractivity contribution in [3.05, 3.63) is 114 Å². The summed E-state index contributed by atoms with van der Waals surface area (Å²) in [4.78, 5) is 31.2. The van der Waals surface area contributed by atoms with Gasteiger partial charge in [0, 0.05) is 5.56 Å². The Hall–Kier alpha value is -4.56. The summed E-state index contributed by atoms with van der Waals surface area (Å²) in [6.07, 6.45) is 0. The number of hydrogen-bond donors (Lipinski definition) is 2.